The summed E-state index contributed by atoms with van der Waals surface area (Å²) in [6.45, 7) is 4.42. The molecule has 0 aliphatic carbocycles. The van der Waals surface area contributed by atoms with Crippen molar-refractivity contribution in [1.29, 1.82) is 0 Å². The average Bonchev–Trinajstić information content (AvgIpc) is 3.28. The molecule has 4 rings (SSSR count). The lowest BCUT2D eigenvalue weighted by Gasteiger charge is -2.24. The fraction of sp³-hybridized carbons (Fsp3) is 0.333. The maximum absolute atomic E-state index is 11.8. The Hall–Kier alpha value is -3.36. The highest BCUT2D eigenvalue weighted by molar-refractivity contribution is 5.93. The van der Waals surface area contributed by atoms with Gasteiger partial charge in [-0.1, -0.05) is 0 Å². The van der Waals surface area contributed by atoms with Crippen LogP contribution in [0.15, 0.2) is 18.2 Å². The van der Waals surface area contributed by atoms with Gasteiger partial charge in [0, 0.05) is 17.7 Å². The van der Waals surface area contributed by atoms with E-state index in [1.165, 1.54) is 0 Å². The summed E-state index contributed by atoms with van der Waals surface area (Å²) in [7, 11) is 1.60. The van der Waals surface area contributed by atoms with Gasteiger partial charge in [0.2, 0.25) is 5.82 Å². The lowest BCUT2D eigenvalue weighted by molar-refractivity contribution is 0.0685. The van der Waals surface area contributed by atoms with Crippen LogP contribution in [0, 0.1) is 0 Å². The number of methoxy groups -OCH3 is 1. The highest BCUT2D eigenvalue weighted by Gasteiger charge is 2.29. The Morgan fingerprint density at radius 2 is 2.07 bits per heavy atom. The molecule has 140 valence electrons. The summed E-state index contributed by atoms with van der Waals surface area (Å²) in [6.07, 6.45) is 0.653. The predicted molar refractivity (Wildman–Crippen MR) is 96.0 cm³/mol. The second kappa shape index (κ2) is 6.42. The van der Waals surface area contributed by atoms with E-state index in [-0.39, 0.29) is 11.8 Å². The number of aromatic carboxylic acids is 1. The molecule has 0 saturated heterocycles. The number of carbonyl (C=O) groups is 1. The molecule has 0 spiro atoms. The van der Waals surface area contributed by atoms with Crippen molar-refractivity contribution in [3.8, 4) is 34.1 Å². The van der Waals surface area contributed by atoms with Gasteiger partial charge in [-0.15, -0.1) is 10.2 Å². The van der Waals surface area contributed by atoms with Gasteiger partial charge in [0.15, 0.2) is 11.5 Å². The normalized spacial score (nSPS) is 12.6. The number of hydrogen-bond donors (Lipinski definition) is 2. The molecule has 2 N–H and O–H groups in total. The third-order valence-electron chi connectivity index (χ3n) is 4.51. The number of aromatic amines is 1. The summed E-state index contributed by atoms with van der Waals surface area (Å²) in [5.74, 6) is 0.613. The number of aromatic nitrogens is 5. The van der Waals surface area contributed by atoms with Crippen LogP contribution in [0.3, 0.4) is 0 Å². The molecule has 0 fully saturated rings. The quantitative estimate of drug-likeness (QED) is 0.709. The van der Waals surface area contributed by atoms with Gasteiger partial charge < -0.3 is 19.1 Å². The van der Waals surface area contributed by atoms with Crippen molar-refractivity contribution < 1.29 is 19.4 Å². The Kier molecular flexibility index (Phi) is 4.06. The Balaban J connectivity index is 1.97. The average molecular weight is 369 g/mol. The van der Waals surface area contributed by atoms with E-state index in [4.69, 9.17) is 9.47 Å². The van der Waals surface area contributed by atoms with Crippen LogP contribution < -0.4 is 9.47 Å². The highest BCUT2D eigenvalue weighted by atomic mass is 16.5. The fourth-order valence-corrected chi connectivity index (χ4v) is 3.46. The minimum absolute atomic E-state index is 0.0291. The standard InChI is InChI=1S/C18H19N5O4/c1-9(2)27-15-8-11-10(6-14(15)26-3)4-5-23-13(18(24)25)7-12(16(11)23)17-19-21-22-20-17/h6-9H,4-5H2,1-3H3,(H,24,25)(H,19,20,21,22). The molecule has 9 nitrogen and oxygen atoms in total. The van der Waals surface area contributed by atoms with E-state index >= 15 is 0 Å². The third kappa shape index (κ3) is 2.80. The fourth-order valence-electron chi connectivity index (χ4n) is 3.46. The zero-order valence-corrected chi connectivity index (χ0v) is 15.2. The molecular weight excluding hydrogens is 350 g/mol. The molecular formula is C18H19N5O4. The summed E-state index contributed by atoms with van der Waals surface area (Å²) in [4.78, 5) is 11.8. The summed E-state index contributed by atoms with van der Waals surface area (Å²) in [5.41, 5.74) is 3.48. The van der Waals surface area contributed by atoms with Crippen molar-refractivity contribution in [2.45, 2.75) is 32.9 Å². The van der Waals surface area contributed by atoms with Gasteiger partial charge >= 0.3 is 5.97 Å². The zero-order chi connectivity index (χ0) is 19.1. The highest BCUT2D eigenvalue weighted by Crippen LogP contribution is 2.43. The zero-order valence-electron chi connectivity index (χ0n) is 15.2. The Morgan fingerprint density at radius 3 is 2.70 bits per heavy atom. The molecule has 1 aliphatic rings. The van der Waals surface area contributed by atoms with E-state index in [9.17, 15) is 9.90 Å². The number of benzene rings is 1. The molecule has 3 heterocycles. The van der Waals surface area contributed by atoms with Gasteiger partial charge in [-0.2, -0.15) is 5.21 Å². The summed E-state index contributed by atoms with van der Waals surface area (Å²) in [6, 6.07) is 5.43. The van der Waals surface area contributed by atoms with Crippen LogP contribution in [0.4, 0.5) is 0 Å². The van der Waals surface area contributed by atoms with Crippen molar-refractivity contribution in [3.63, 3.8) is 0 Å². The number of carboxylic acid groups (broad SMARTS) is 1. The maximum Gasteiger partial charge on any atom is 0.352 e. The number of hydrogen-bond acceptors (Lipinski definition) is 6. The number of rotatable bonds is 5. The number of ether oxygens (including phenoxy) is 2. The lowest BCUT2D eigenvalue weighted by atomic mass is 9.95. The first kappa shape index (κ1) is 17.1. The van der Waals surface area contributed by atoms with Crippen LogP contribution in [-0.4, -0.2) is 49.5 Å². The van der Waals surface area contributed by atoms with Crippen LogP contribution in [-0.2, 0) is 13.0 Å². The first-order valence-electron chi connectivity index (χ1n) is 8.58. The molecule has 1 aliphatic heterocycles. The topological polar surface area (TPSA) is 115 Å². The molecule has 1 aromatic carbocycles. The second-order valence-corrected chi connectivity index (χ2v) is 6.56. The number of fused-ring (bicyclic) bond motifs is 3. The molecule has 0 radical (unpaired) electrons. The molecule has 0 amide bonds. The van der Waals surface area contributed by atoms with Crippen LogP contribution >= 0.6 is 0 Å². The van der Waals surface area contributed by atoms with Crippen molar-refractivity contribution in [1.82, 2.24) is 25.2 Å². The van der Waals surface area contributed by atoms with Gasteiger partial charge in [0.1, 0.15) is 5.69 Å². The van der Waals surface area contributed by atoms with Gasteiger partial charge in [-0.3, -0.25) is 0 Å². The molecule has 0 atom stereocenters. The van der Waals surface area contributed by atoms with Crippen molar-refractivity contribution in [2.75, 3.05) is 7.11 Å². The Labute approximate surface area is 154 Å². The molecule has 0 unspecified atom stereocenters. The van der Waals surface area contributed by atoms with Crippen LogP contribution in [0.5, 0.6) is 11.5 Å². The first-order valence-corrected chi connectivity index (χ1v) is 8.58. The Bertz CT molecular complexity index is 1010. The molecule has 9 heteroatoms. The molecule has 0 bridgehead atoms. The van der Waals surface area contributed by atoms with E-state index in [0.29, 0.717) is 35.9 Å². The van der Waals surface area contributed by atoms with E-state index < -0.39 is 5.97 Å². The molecule has 27 heavy (non-hydrogen) atoms. The minimum atomic E-state index is -0.999. The van der Waals surface area contributed by atoms with Crippen molar-refractivity contribution in [3.05, 3.63) is 29.5 Å². The van der Waals surface area contributed by atoms with Gasteiger partial charge in [0.05, 0.1) is 18.9 Å². The SMILES string of the molecule is COc1cc2c(cc1OC(C)C)-c1c(-c3nn[nH]n3)cc(C(=O)O)n1CC2. The number of H-pyrrole nitrogens is 1. The smallest absolute Gasteiger partial charge is 0.352 e. The number of nitrogens with one attached hydrogen (secondary N) is 1. The number of carboxylic acids is 1. The first-order chi connectivity index (χ1) is 13.0. The van der Waals surface area contributed by atoms with Gasteiger partial charge in [-0.05, 0) is 49.2 Å². The van der Waals surface area contributed by atoms with Crippen LogP contribution in [0.1, 0.15) is 29.9 Å². The maximum atomic E-state index is 11.8. The summed E-state index contributed by atoms with van der Waals surface area (Å²) >= 11 is 0. The molecule has 3 aromatic rings. The molecule has 0 saturated carbocycles. The second-order valence-electron chi connectivity index (χ2n) is 6.56. The van der Waals surface area contributed by atoms with Crippen molar-refractivity contribution >= 4 is 5.97 Å². The largest absolute Gasteiger partial charge is 0.493 e. The number of tetrazole rings is 1. The van der Waals surface area contributed by atoms with E-state index in [1.807, 2.05) is 26.0 Å². The lowest BCUT2D eigenvalue weighted by Crippen LogP contribution is -2.16. The monoisotopic (exact) mass is 369 g/mol. The van der Waals surface area contributed by atoms with E-state index in [2.05, 4.69) is 20.6 Å². The minimum Gasteiger partial charge on any atom is -0.493 e. The van der Waals surface area contributed by atoms with Crippen LogP contribution in [0.25, 0.3) is 22.6 Å². The van der Waals surface area contributed by atoms with Gasteiger partial charge in [0.25, 0.3) is 0 Å². The number of nitrogens with zero attached hydrogens (tertiary/aromatic N) is 4. The Morgan fingerprint density at radius 1 is 1.26 bits per heavy atom. The van der Waals surface area contributed by atoms with Gasteiger partial charge in [-0.25, -0.2) is 4.79 Å². The predicted octanol–water partition coefficient (Wildman–Crippen LogP) is 2.39. The molecule has 2 aromatic heterocycles. The summed E-state index contributed by atoms with van der Waals surface area (Å²) in [5, 5.41) is 23.7. The third-order valence-corrected chi connectivity index (χ3v) is 4.51. The van der Waals surface area contributed by atoms with E-state index in [0.717, 1.165) is 16.8 Å². The summed E-state index contributed by atoms with van der Waals surface area (Å²) < 4.78 is 13.2. The number of aryl methyl sites for hydroxylation is 1. The van der Waals surface area contributed by atoms with Crippen LogP contribution in [0.2, 0.25) is 0 Å². The van der Waals surface area contributed by atoms with Crippen molar-refractivity contribution in [2.24, 2.45) is 0 Å². The van der Waals surface area contributed by atoms with E-state index in [1.54, 1.807) is 17.7 Å².